The molecule has 24 heavy (non-hydrogen) atoms. The van der Waals surface area contributed by atoms with Crippen molar-refractivity contribution in [3.8, 4) is 0 Å². The first-order chi connectivity index (χ1) is 11.3. The molecule has 0 atom stereocenters. The molecule has 0 aliphatic rings. The molecule has 1 heterocycles. The van der Waals surface area contributed by atoms with Gasteiger partial charge in [0.2, 0.25) is 5.95 Å². The van der Waals surface area contributed by atoms with Crippen LogP contribution < -0.4 is 10.6 Å². The Hall–Kier alpha value is -2.35. The lowest BCUT2D eigenvalue weighted by Crippen LogP contribution is -2.25. The van der Waals surface area contributed by atoms with Gasteiger partial charge in [-0.1, -0.05) is 18.5 Å². The number of carbonyl (C=O) groups excluding carboxylic acids is 1. The van der Waals surface area contributed by atoms with Crippen LogP contribution in [0, 0.1) is 0 Å². The molecule has 0 bridgehead atoms. The van der Waals surface area contributed by atoms with E-state index in [-0.39, 0.29) is 22.4 Å². The SMILES string of the molecule is CCCNC(=O)c1ccnc(Nc2ccc(Cl)cc2C(F)(F)F)n1. The van der Waals surface area contributed by atoms with Gasteiger partial charge in [-0.2, -0.15) is 13.2 Å². The number of aromatic nitrogens is 2. The maximum atomic E-state index is 13.1. The quantitative estimate of drug-likeness (QED) is 0.846. The summed E-state index contributed by atoms with van der Waals surface area (Å²) in [4.78, 5) is 19.6. The van der Waals surface area contributed by atoms with Crippen LogP contribution in [0.25, 0.3) is 0 Å². The summed E-state index contributed by atoms with van der Waals surface area (Å²) in [5, 5.41) is 5.06. The van der Waals surface area contributed by atoms with Crippen molar-refractivity contribution >= 4 is 29.1 Å². The summed E-state index contributed by atoms with van der Waals surface area (Å²) in [5.41, 5.74) is -1.14. The van der Waals surface area contributed by atoms with Crippen LogP contribution in [0.15, 0.2) is 30.5 Å². The van der Waals surface area contributed by atoms with E-state index in [9.17, 15) is 18.0 Å². The van der Waals surface area contributed by atoms with Crippen LogP contribution in [0.3, 0.4) is 0 Å². The Morgan fingerprint density at radius 2 is 2.04 bits per heavy atom. The molecular weight excluding hydrogens is 345 g/mol. The van der Waals surface area contributed by atoms with Crippen LogP contribution >= 0.6 is 11.6 Å². The van der Waals surface area contributed by atoms with Crippen molar-refractivity contribution < 1.29 is 18.0 Å². The van der Waals surface area contributed by atoms with E-state index in [1.807, 2.05) is 6.92 Å². The molecule has 2 N–H and O–H groups in total. The summed E-state index contributed by atoms with van der Waals surface area (Å²) in [5.74, 6) is -0.540. The fraction of sp³-hybridized carbons (Fsp3) is 0.267. The Bertz CT molecular complexity index is 737. The summed E-state index contributed by atoms with van der Waals surface area (Å²) < 4.78 is 39.2. The second-order valence-electron chi connectivity index (χ2n) is 4.83. The van der Waals surface area contributed by atoms with Crippen molar-refractivity contribution in [3.05, 3.63) is 46.7 Å². The molecule has 128 valence electrons. The average Bonchev–Trinajstić information content (AvgIpc) is 2.53. The highest BCUT2D eigenvalue weighted by Crippen LogP contribution is 2.37. The van der Waals surface area contributed by atoms with Crippen molar-refractivity contribution in [2.24, 2.45) is 0 Å². The van der Waals surface area contributed by atoms with E-state index in [4.69, 9.17) is 11.6 Å². The second-order valence-corrected chi connectivity index (χ2v) is 5.27. The molecule has 0 radical (unpaired) electrons. The van der Waals surface area contributed by atoms with E-state index < -0.39 is 17.6 Å². The summed E-state index contributed by atoms with van der Waals surface area (Å²) in [6.07, 6.45) is -2.55. The Kier molecular flexibility index (Phi) is 5.61. The second kappa shape index (κ2) is 7.48. The van der Waals surface area contributed by atoms with E-state index in [0.29, 0.717) is 6.54 Å². The van der Waals surface area contributed by atoms with Gasteiger partial charge in [-0.05, 0) is 30.7 Å². The molecule has 0 spiro atoms. The van der Waals surface area contributed by atoms with Gasteiger partial charge in [0, 0.05) is 17.8 Å². The smallest absolute Gasteiger partial charge is 0.351 e. The fourth-order valence-corrected chi connectivity index (χ4v) is 2.03. The Balaban J connectivity index is 2.28. The molecule has 0 aliphatic heterocycles. The van der Waals surface area contributed by atoms with E-state index in [1.54, 1.807) is 0 Å². The highest BCUT2D eigenvalue weighted by atomic mass is 35.5. The number of hydrogen-bond donors (Lipinski definition) is 2. The number of carbonyl (C=O) groups is 1. The Labute approximate surface area is 141 Å². The van der Waals surface area contributed by atoms with Crippen molar-refractivity contribution in [2.45, 2.75) is 19.5 Å². The molecule has 5 nitrogen and oxygen atoms in total. The molecule has 0 fully saturated rings. The first kappa shape index (κ1) is 18.0. The number of alkyl halides is 3. The van der Waals surface area contributed by atoms with Crippen molar-refractivity contribution in [2.75, 3.05) is 11.9 Å². The van der Waals surface area contributed by atoms with Crippen LogP contribution in [0.5, 0.6) is 0 Å². The lowest BCUT2D eigenvalue weighted by molar-refractivity contribution is -0.136. The molecule has 1 amide bonds. The number of rotatable bonds is 5. The molecule has 9 heteroatoms. The van der Waals surface area contributed by atoms with Gasteiger partial charge in [0.15, 0.2) is 0 Å². The summed E-state index contributed by atoms with van der Waals surface area (Å²) >= 11 is 5.63. The standard InChI is InChI=1S/C15H14ClF3N4O/c1-2-6-20-13(24)12-5-7-21-14(23-12)22-11-4-3-9(16)8-10(11)15(17,18)19/h3-5,7-8H,2,6H2,1H3,(H,20,24)(H,21,22,23). The molecule has 0 saturated carbocycles. The number of halogens is 4. The largest absolute Gasteiger partial charge is 0.418 e. The first-order valence-electron chi connectivity index (χ1n) is 7.06. The fourth-order valence-electron chi connectivity index (χ4n) is 1.85. The lowest BCUT2D eigenvalue weighted by Gasteiger charge is -2.14. The number of hydrogen-bond acceptors (Lipinski definition) is 4. The highest BCUT2D eigenvalue weighted by molar-refractivity contribution is 6.30. The molecule has 1 aromatic carbocycles. The first-order valence-corrected chi connectivity index (χ1v) is 7.44. The summed E-state index contributed by atoms with van der Waals surface area (Å²) in [7, 11) is 0. The molecule has 0 aliphatic carbocycles. The van der Waals surface area contributed by atoms with Crippen LogP contribution in [0.4, 0.5) is 24.8 Å². The van der Waals surface area contributed by atoms with Gasteiger partial charge in [-0.3, -0.25) is 4.79 Å². The normalized spacial score (nSPS) is 11.2. The van der Waals surface area contributed by atoms with Gasteiger partial charge in [0.1, 0.15) is 5.69 Å². The van der Waals surface area contributed by atoms with Gasteiger partial charge < -0.3 is 10.6 Å². The minimum atomic E-state index is -4.59. The Morgan fingerprint density at radius 3 is 2.71 bits per heavy atom. The van der Waals surface area contributed by atoms with Crippen molar-refractivity contribution in [3.63, 3.8) is 0 Å². The van der Waals surface area contributed by atoms with Crippen LogP contribution in [-0.4, -0.2) is 22.4 Å². The summed E-state index contributed by atoms with van der Waals surface area (Å²) in [6.45, 7) is 2.37. The maximum absolute atomic E-state index is 13.1. The summed E-state index contributed by atoms with van der Waals surface area (Å²) in [6, 6.07) is 4.68. The third-order valence-electron chi connectivity index (χ3n) is 2.96. The minimum absolute atomic E-state index is 0.0403. The maximum Gasteiger partial charge on any atom is 0.418 e. The number of amides is 1. The van der Waals surface area contributed by atoms with Crippen LogP contribution in [-0.2, 0) is 6.18 Å². The molecule has 2 rings (SSSR count). The van der Waals surface area contributed by atoms with Gasteiger partial charge in [0.05, 0.1) is 11.3 Å². The highest BCUT2D eigenvalue weighted by Gasteiger charge is 2.34. The van der Waals surface area contributed by atoms with Crippen LogP contribution in [0.2, 0.25) is 5.02 Å². The molecule has 1 aromatic heterocycles. The predicted molar refractivity (Wildman–Crippen MR) is 84.4 cm³/mol. The number of anilines is 2. The Morgan fingerprint density at radius 1 is 1.29 bits per heavy atom. The molecule has 2 aromatic rings. The van der Waals surface area contributed by atoms with Crippen molar-refractivity contribution in [1.29, 1.82) is 0 Å². The van der Waals surface area contributed by atoms with Gasteiger partial charge in [-0.25, -0.2) is 9.97 Å². The van der Waals surface area contributed by atoms with Crippen LogP contribution in [0.1, 0.15) is 29.4 Å². The van der Waals surface area contributed by atoms with Crippen molar-refractivity contribution in [1.82, 2.24) is 15.3 Å². The number of nitrogens with one attached hydrogen (secondary N) is 2. The lowest BCUT2D eigenvalue weighted by atomic mass is 10.1. The van der Waals surface area contributed by atoms with Gasteiger partial charge in [-0.15, -0.1) is 0 Å². The number of benzene rings is 1. The monoisotopic (exact) mass is 358 g/mol. The molecular formula is C15H14ClF3N4O. The minimum Gasteiger partial charge on any atom is -0.351 e. The van der Waals surface area contributed by atoms with E-state index in [0.717, 1.165) is 12.5 Å². The zero-order chi connectivity index (χ0) is 17.7. The molecule has 0 saturated heterocycles. The van der Waals surface area contributed by atoms with Gasteiger partial charge in [0.25, 0.3) is 5.91 Å². The predicted octanol–water partition coefficient (Wildman–Crippen LogP) is 4.03. The third-order valence-corrected chi connectivity index (χ3v) is 3.19. The van der Waals surface area contributed by atoms with E-state index in [2.05, 4.69) is 20.6 Å². The topological polar surface area (TPSA) is 66.9 Å². The zero-order valence-corrected chi connectivity index (χ0v) is 13.4. The molecule has 0 unspecified atom stereocenters. The van der Waals surface area contributed by atoms with E-state index >= 15 is 0 Å². The zero-order valence-electron chi connectivity index (χ0n) is 12.6. The third kappa shape index (κ3) is 4.58. The number of nitrogens with zero attached hydrogens (tertiary/aromatic N) is 2. The van der Waals surface area contributed by atoms with Gasteiger partial charge >= 0.3 is 6.18 Å². The van der Waals surface area contributed by atoms with E-state index in [1.165, 1.54) is 24.4 Å². The average molecular weight is 359 g/mol.